The Hall–Kier alpha value is -2.17. The first-order valence-corrected chi connectivity index (χ1v) is 5.90. The van der Waals surface area contributed by atoms with Crippen LogP contribution in [0.2, 0.25) is 0 Å². The average Bonchev–Trinajstić information content (AvgIpc) is 2.36. The molecular weight excluding hydrogens is 249 g/mol. The molecule has 0 aliphatic rings. The van der Waals surface area contributed by atoms with Crippen LogP contribution in [0.3, 0.4) is 0 Å². The fraction of sp³-hybridized carbons (Fsp3) is 0.286. The highest BCUT2D eigenvalue weighted by Gasteiger charge is 2.17. The molecule has 1 aromatic carbocycles. The van der Waals surface area contributed by atoms with Gasteiger partial charge in [-0.05, 0) is 24.1 Å². The molecule has 102 valence electrons. The van der Waals surface area contributed by atoms with Crippen molar-refractivity contribution in [3.05, 3.63) is 48.3 Å². The van der Waals surface area contributed by atoms with Crippen LogP contribution >= 0.6 is 0 Å². The van der Waals surface area contributed by atoms with Crippen molar-refractivity contribution in [2.75, 3.05) is 0 Å². The maximum absolute atomic E-state index is 12.8. The number of hydrogen-bond acceptors (Lipinski definition) is 2. The minimum atomic E-state index is -1.03. The molecule has 0 spiro atoms. The maximum Gasteiger partial charge on any atom is 0.305 e. The highest BCUT2D eigenvalue weighted by molar-refractivity contribution is 5.77. The number of nitrogens with one attached hydrogen (secondary N) is 1. The van der Waals surface area contributed by atoms with E-state index in [2.05, 4.69) is 11.9 Å². The Morgan fingerprint density at radius 3 is 2.53 bits per heavy atom. The molecular formula is C14H16FNO3. The molecule has 0 aliphatic carbocycles. The van der Waals surface area contributed by atoms with E-state index >= 15 is 0 Å². The van der Waals surface area contributed by atoms with Crippen LogP contribution in [0.1, 0.15) is 30.9 Å². The third-order valence-corrected chi connectivity index (χ3v) is 2.56. The van der Waals surface area contributed by atoms with Gasteiger partial charge in [0.1, 0.15) is 5.82 Å². The van der Waals surface area contributed by atoms with Crippen molar-refractivity contribution < 1.29 is 19.1 Å². The number of allylic oxidation sites excluding steroid dienone is 1. The zero-order valence-corrected chi connectivity index (χ0v) is 10.4. The largest absolute Gasteiger partial charge is 0.481 e. The predicted octanol–water partition coefficient (Wildman–Crippen LogP) is 2.42. The van der Waals surface area contributed by atoms with E-state index in [1.165, 1.54) is 24.3 Å². The number of hydrogen-bond donors (Lipinski definition) is 2. The number of carboxylic acid groups (broad SMARTS) is 1. The Labute approximate surface area is 110 Å². The van der Waals surface area contributed by atoms with Crippen LogP contribution in [0.4, 0.5) is 4.39 Å². The second kappa shape index (κ2) is 7.31. The quantitative estimate of drug-likeness (QED) is 0.744. The minimum absolute atomic E-state index is 0.245. The standard InChI is InChI=1S/C14H16FNO3/c1-2-3-4-13(17)16-12(9-14(18)19)10-5-7-11(15)8-6-10/h2,5-8,12H,1,3-4,9H2,(H,16,17)(H,18,19). The summed E-state index contributed by atoms with van der Waals surface area (Å²) in [6.07, 6.45) is 2.14. The van der Waals surface area contributed by atoms with E-state index in [1.54, 1.807) is 6.08 Å². The van der Waals surface area contributed by atoms with Gasteiger partial charge in [0, 0.05) is 6.42 Å². The van der Waals surface area contributed by atoms with Crippen LogP contribution in [-0.2, 0) is 9.59 Å². The van der Waals surface area contributed by atoms with Gasteiger partial charge < -0.3 is 10.4 Å². The molecule has 0 saturated carbocycles. The van der Waals surface area contributed by atoms with Gasteiger partial charge in [-0.25, -0.2) is 4.39 Å². The third kappa shape index (κ3) is 5.33. The van der Waals surface area contributed by atoms with Gasteiger partial charge in [0.2, 0.25) is 5.91 Å². The monoisotopic (exact) mass is 265 g/mol. The summed E-state index contributed by atoms with van der Waals surface area (Å²) in [5.74, 6) is -1.69. The highest BCUT2D eigenvalue weighted by Crippen LogP contribution is 2.17. The van der Waals surface area contributed by atoms with E-state index in [9.17, 15) is 14.0 Å². The van der Waals surface area contributed by atoms with Crippen LogP contribution in [0, 0.1) is 5.82 Å². The molecule has 4 nitrogen and oxygen atoms in total. The zero-order chi connectivity index (χ0) is 14.3. The molecule has 1 unspecified atom stereocenters. The van der Waals surface area contributed by atoms with Crippen molar-refractivity contribution in [3.63, 3.8) is 0 Å². The first kappa shape index (κ1) is 14.9. The van der Waals surface area contributed by atoms with Crippen LogP contribution in [0.5, 0.6) is 0 Å². The number of rotatable bonds is 7. The van der Waals surface area contributed by atoms with E-state index in [4.69, 9.17) is 5.11 Å². The highest BCUT2D eigenvalue weighted by atomic mass is 19.1. The summed E-state index contributed by atoms with van der Waals surface area (Å²) in [5, 5.41) is 11.5. The molecule has 5 heteroatoms. The van der Waals surface area contributed by atoms with Gasteiger partial charge in [-0.1, -0.05) is 18.2 Å². The summed E-state index contributed by atoms with van der Waals surface area (Å²) in [5.41, 5.74) is 0.566. The normalized spacial score (nSPS) is 11.6. The fourth-order valence-corrected chi connectivity index (χ4v) is 1.62. The smallest absolute Gasteiger partial charge is 0.305 e. The number of benzene rings is 1. The predicted molar refractivity (Wildman–Crippen MR) is 69.0 cm³/mol. The molecule has 0 fully saturated rings. The molecule has 0 heterocycles. The van der Waals surface area contributed by atoms with E-state index < -0.39 is 17.8 Å². The molecule has 19 heavy (non-hydrogen) atoms. The summed E-state index contributed by atoms with van der Waals surface area (Å²) in [6.45, 7) is 3.51. The van der Waals surface area contributed by atoms with E-state index in [0.29, 0.717) is 12.0 Å². The van der Waals surface area contributed by atoms with Gasteiger partial charge in [-0.3, -0.25) is 9.59 Å². The Morgan fingerprint density at radius 2 is 2.00 bits per heavy atom. The van der Waals surface area contributed by atoms with Crippen LogP contribution in [0.25, 0.3) is 0 Å². The number of carbonyl (C=O) groups is 2. The first-order chi connectivity index (χ1) is 9.02. The van der Waals surface area contributed by atoms with Gasteiger partial charge in [0.05, 0.1) is 12.5 Å². The lowest BCUT2D eigenvalue weighted by Gasteiger charge is -2.17. The van der Waals surface area contributed by atoms with Gasteiger partial charge in [0.15, 0.2) is 0 Å². The summed E-state index contributed by atoms with van der Waals surface area (Å²) >= 11 is 0. The Kier molecular flexibility index (Phi) is 5.73. The topological polar surface area (TPSA) is 66.4 Å². The average molecular weight is 265 g/mol. The lowest BCUT2D eigenvalue weighted by molar-refractivity contribution is -0.137. The Morgan fingerprint density at radius 1 is 1.37 bits per heavy atom. The fourth-order valence-electron chi connectivity index (χ4n) is 1.62. The summed E-state index contributed by atoms with van der Waals surface area (Å²) in [7, 11) is 0. The van der Waals surface area contributed by atoms with Crippen molar-refractivity contribution >= 4 is 11.9 Å². The van der Waals surface area contributed by atoms with Gasteiger partial charge >= 0.3 is 5.97 Å². The number of carbonyl (C=O) groups excluding carboxylic acids is 1. The molecule has 2 N–H and O–H groups in total. The van der Waals surface area contributed by atoms with Gasteiger partial charge in [0.25, 0.3) is 0 Å². The van der Waals surface area contributed by atoms with Crippen molar-refractivity contribution in [1.82, 2.24) is 5.32 Å². The van der Waals surface area contributed by atoms with Crippen LogP contribution in [0.15, 0.2) is 36.9 Å². The number of carboxylic acids is 1. The summed E-state index contributed by atoms with van der Waals surface area (Å²) < 4.78 is 12.8. The Balaban J connectivity index is 2.76. The van der Waals surface area contributed by atoms with Crippen molar-refractivity contribution in [2.24, 2.45) is 0 Å². The third-order valence-electron chi connectivity index (χ3n) is 2.56. The van der Waals surface area contributed by atoms with E-state index in [-0.39, 0.29) is 18.7 Å². The lowest BCUT2D eigenvalue weighted by atomic mass is 10.0. The van der Waals surface area contributed by atoms with Crippen molar-refractivity contribution in [2.45, 2.75) is 25.3 Å². The lowest BCUT2D eigenvalue weighted by Crippen LogP contribution is -2.29. The minimum Gasteiger partial charge on any atom is -0.481 e. The second-order valence-electron chi connectivity index (χ2n) is 4.10. The first-order valence-electron chi connectivity index (χ1n) is 5.90. The van der Waals surface area contributed by atoms with Gasteiger partial charge in [-0.2, -0.15) is 0 Å². The van der Waals surface area contributed by atoms with E-state index in [0.717, 1.165) is 0 Å². The molecule has 0 radical (unpaired) electrons. The number of halogens is 1. The second-order valence-corrected chi connectivity index (χ2v) is 4.10. The van der Waals surface area contributed by atoms with Crippen molar-refractivity contribution in [1.29, 1.82) is 0 Å². The molecule has 1 amide bonds. The molecule has 0 bridgehead atoms. The SMILES string of the molecule is C=CCCC(=O)NC(CC(=O)O)c1ccc(F)cc1. The molecule has 0 aromatic heterocycles. The summed E-state index contributed by atoms with van der Waals surface area (Å²) in [6, 6.07) is 4.75. The van der Waals surface area contributed by atoms with Crippen LogP contribution in [-0.4, -0.2) is 17.0 Å². The molecule has 0 aliphatic heterocycles. The van der Waals surface area contributed by atoms with Crippen LogP contribution < -0.4 is 5.32 Å². The molecule has 0 saturated heterocycles. The maximum atomic E-state index is 12.8. The zero-order valence-electron chi connectivity index (χ0n) is 10.4. The molecule has 1 aromatic rings. The van der Waals surface area contributed by atoms with Crippen molar-refractivity contribution in [3.8, 4) is 0 Å². The number of aliphatic carboxylic acids is 1. The summed E-state index contributed by atoms with van der Waals surface area (Å²) in [4.78, 5) is 22.4. The Bertz CT molecular complexity index is 456. The van der Waals surface area contributed by atoms with Gasteiger partial charge in [-0.15, -0.1) is 6.58 Å². The van der Waals surface area contributed by atoms with E-state index in [1.807, 2.05) is 0 Å². The molecule has 1 atom stereocenters. The number of amides is 1. The molecule has 1 rings (SSSR count).